The molecule has 0 spiro atoms. The number of esters is 1. The van der Waals surface area contributed by atoms with Gasteiger partial charge in [0.25, 0.3) is 0 Å². The van der Waals surface area contributed by atoms with E-state index in [1.165, 1.54) is 23.4 Å². The molecule has 1 saturated heterocycles. The van der Waals surface area contributed by atoms with Gasteiger partial charge >= 0.3 is 5.97 Å². The average Bonchev–Trinajstić information content (AvgIpc) is 2.91. The number of hydrogen-bond acceptors (Lipinski definition) is 5. The van der Waals surface area contributed by atoms with Gasteiger partial charge in [-0.25, -0.2) is 9.79 Å². The Morgan fingerprint density at radius 3 is 2.54 bits per heavy atom. The van der Waals surface area contributed by atoms with Gasteiger partial charge < -0.3 is 4.74 Å². The highest BCUT2D eigenvalue weighted by Gasteiger charge is 2.46. The number of thioether (sulfide) groups is 1. The molecule has 1 aromatic carbocycles. The molecular weight excluding hydrogens is 372 g/mol. The number of hydrogen-bond donors (Lipinski definition) is 0. The molecule has 0 aromatic heterocycles. The van der Waals surface area contributed by atoms with E-state index in [2.05, 4.69) is 44.5 Å². The van der Waals surface area contributed by atoms with Crippen molar-refractivity contribution in [3.8, 4) is 0 Å². The van der Waals surface area contributed by atoms with E-state index in [0.29, 0.717) is 16.4 Å². The maximum atomic E-state index is 12.9. The standard InChI is InChI=1S/C22H26N2O3S/c1-7-12-27-20(26)17-13(2)23-21-24(19(25)14(3)28-21)18(17)15-8-10-16(11-9-15)22(4,5)6/h7-11,14,18H,1,12H2,2-6H3/t14-,18-/m0/s1. The first kappa shape index (κ1) is 20.4. The molecule has 0 N–H and O–H groups in total. The number of amidine groups is 1. The summed E-state index contributed by atoms with van der Waals surface area (Å²) < 4.78 is 5.31. The minimum Gasteiger partial charge on any atom is -0.458 e. The summed E-state index contributed by atoms with van der Waals surface area (Å²) in [5.41, 5.74) is 3.06. The molecular formula is C22H26N2O3S. The molecule has 28 heavy (non-hydrogen) atoms. The number of allylic oxidation sites excluding steroid dienone is 1. The predicted molar refractivity (Wildman–Crippen MR) is 113 cm³/mol. The largest absolute Gasteiger partial charge is 0.458 e. The lowest BCUT2D eigenvalue weighted by Gasteiger charge is -2.33. The lowest BCUT2D eigenvalue weighted by molar-refractivity contribution is -0.139. The highest BCUT2D eigenvalue weighted by atomic mass is 32.2. The fraction of sp³-hybridized carbons (Fsp3) is 0.409. The van der Waals surface area contributed by atoms with Crippen molar-refractivity contribution in [1.82, 2.24) is 4.90 Å². The fourth-order valence-electron chi connectivity index (χ4n) is 3.36. The van der Waals surface area contributed by atoms with Gasteiger partial charge in [0.05, 0.1) is 22.6 Å². The number of nitrogens with zero attached hydrogens (tertiary/aromatic N) is 2. The number of rotatable bonds is 4. The Labute approximate surface area is 170 Å². The summed E-state index contributed by atoms with van der Waals surface area (Å²) in [5.74, 6) is -0.516. The molecule has 0 saturated carbocycles. The molecule has 2 heterocycles. The van der Waals surface area contributed by atoms with Gasteiger partial charge in [0.1, 0.15) is 6.61 Å². The average molecular weight is 399 g/mol. The Bertz CT molecular complexity index is 878. The zero-order valence-corrected chi connectivity index (χ0v) is 17.8. The van der Waals surface area contributed by atoms with E-state index in [1.54, 1.807) is 11.8 Å². The van der Waals surface area contributed by atoms with Gasteiger partial charge in [-0.05, 0) is 30.4 Å². The number of benzene rings is 1. The second-order valence-electron chi connectivity index (χ2n) is 8.02. The molecule has 1 aromatic rings. The maximum absolute atomic E-state index is 12.9. The van der Waals surface area contributed by atoms with Crippen molar-refractivity contribution in [2.45, 2.75) is 51.3 Å². The monoisotopic (exact) mass is 398 g/mol. The number of carbonyl (C=O) groups excluding carboxylic acids is 2. The third-order valence-electron chi connectivity index (χ3n) is 4.90. The summed E-state index contributed by atoms with van der Waals surface area (Å²) in [7, 11) is 0. The summed E-state index contributed by atoms with van der Waals surface area (Å²) in [4.78, 5) is 31.8. The Hall–Kier alpha value is -2.34. The van der Waals surface area contributed by atoms with Gasteiger partial charge in [0.15, 0.2) is 5.17 Å². The van der Waals surface area contributed by atoms with Crippen LogP contribution in [0.25, 0.3) is 0 Å². The molecule has 3 rings (SSSR count). The van der Waals surface area contributed by atoms with E-state index < -0.39 is 12.0 Å². The quantitative estimate of drug-likeness (QED) is 0.558. The summed E-state index contributed by atoms with van der Waals surface area (Å²) in [6.07, 6.45) is 1.53. The molecule has 0 bridgehead atoms. The number of fused-ring (bicyclic) bond motifs is 1. The van der Waals surface area contributed by atoms with Crippen molar-refractivity contribution < 1.29 is 14.3 Å². The molecule has 2 atom stereocenters. The summed E-state index contributed by atoms with van der Waals surface area (Å²) >= 11 is 1.42. The number of carbonyl (C=O) groups is 2. The number of aliphatic imine (C=N–C) groups is 1. The lowest BCUT2D eigenvalue weighted by Crippen LogP contribution is -2.40. The van der Waals surface area contributed by atoms with Gasteiger partial charge in [0.2, 0.25) is 5.91 Å². The molecule has 2 aliphatic heterocycles. The minimum absolute atomic E-state index is 0.0169. The van der Waals surface area contributed by atoms with E-state index in [-0.39, 0.29) is 23.2 Å². The predicted octanol–water partition coefficient (Wildman–Crippen LogP) is 4.36. The SMILES string of the molecule is C=CCOC(=O)C1=C(C)N=C2S[C@@H](C)C(=O)N2[C@H]1c1ccc(C(C)(C)C)cc1. The van der Waals surface area contributed by atoms with Crippen LogP contribution in [0.5, 0.6) is 0 Å². The first-order valence-corrected chi connectivity index (χ1v) is 10.2. The third kappa shape index (κ3) is 3.65. The van der Waals surface area contributed by atoms with Crippen LogP contribution in [0.1, 0.15) is 51.8 Å². The van der Waals surface area contributed by atoms with Crippen LogP contribution in [0.3, 0.4) is 0 Å². The smallest absolute Gasteiger partial charge is 0.338 e. The van der Waals surface area contributed by atoms with Crippen LogP contribution in [0, 0.1) is 0 Å². The summed E-state index contributed by atoms with van der Waals surface area (Å²) in [5, 5.41) is 0.409. The highest BCUT2D eigenvalue weighted by Crippen LogP contribution is 2.43. The van der Waals surface area contributed by atoms with Gasteiger partial charge in [-0.2, -0.15) is 0 Å². The fourth-order valence-corrected chi connectivity index (χ4v) is 4.39. The molecule has 2 aliphatic rings. The van der Waals surface area contributed by atoms with Crippen molar-refractivity contribution in [1.29, 1.82) is 0 Å². The summed E-state index contributed by atoms with van der Waals surface area (Å²) in [6.45, 7) is 13.8. The Morgan fingerprint density at radius 1 is 1.32 bits per heavy atom. The molecule has 1 amide bonds. The number of ether oxygens (including phenoxy) is 1. The first-order chi connectivity index (χ1) is 13.1. The molecule has 1 fully saturated rings. The zero-order valence-electron chi connectivity index (χ0n) is 17.0. The van der Waals surface area contributed by atoms with Crippen molar-refractivity contribution in [3.63, 3.8) is 0 Å². The normalized spacial score (nSPS) is 22.1. The van der Waals surface area contributed by atoms with Gasteiger partial charge in [-0.1, -0.05) is 69.5 Å². The minimum atomic E-state index is -0.538. The third-order valence-corrected chi connectivity index (χ3v) is 5.96. The topological polar surface area (TPSA) is 59.0 Å². The van der Waals surface area contributed by atoms with Crippen LogP contribution in [0.4, 0.5) is 0 Å². The molecule has 0 aliphatic carbocycles. The van der Waals surface area contributed by atoms with Crippen molar-refractivity contribution >= 4 is 28.8 Å². The van der Waals surface area contributed by atoms with Crippen molar-refractivity contribution in [2.75, 3.05) is 6.61 Å². The van der Waals surface area contributed by atoms with Crippen LogP contribution in [0.2, 0.25) is 0 Å². The van der Waals surface area contributed by atoms with E-state index >= 15 is 0 Å². The number of amides is 1. The second-order valence-corrected chi connectivity index (χ2v) is 9.33. The molecule has 0 radical (unpaired) electrons. The zero-order chi connectivity index (χ0) is 20.6. The van der Waals surface area contributed by atoms with Crippen LogP contribution >= 0.6 is 11.8 Å². The van der Waals surface area contributed by atoms with E-state index in [4.69, 9.17) is 4.74 Å². The van der Waals surface area contributed by atoms with E-state index in [1.807, 2.05) is 19.1 Å². The van der Waals surface area contributed by atoms with Crippen molar-refractivity contribution in [3.05, 3.63) is 59.3 Å². The van der Waals surface area contributed by atoms with Gasteiger partial charge in [0, 0.05) is 0 Å². The van der Waals surface area contributed by atoms with Gasteiger partial charge in [-0.15, -0.1) is 0 Å². The molecule has 6 heteroatoms. The molecule has 5 nitrogen and oxygen atoms in total. The van der Waals surface area contributed by atoms with Crippen LogP contribution in [0.15, 0.2) is 53.2 Å². The molecule has 0 unspecified atom stereocenters. The van der Waals surface area contributed by atoms with E-state index in [9.17, 15) is 9.59 Å². The summed E-state index contributed by atoms with van der Waals surface area (Å²) in [6, 6.07) is 7.55. The highest BCUT2D eigenvalue weighted by molar-refractivity contribution is 8.15. The Balaban J connectivity index is 2.09. The Kier molecular flexibility index (Phi) is 5.53. The lowest BCUT2D eigenvalue weighted by atomic mass is 9.85. The maximum Gasteiger partial charge on any atom is 0.338 e. The van der Waals surface area contributed by atoms with Gasteiger partial charge in [-0.3, -0.25) is 9.69 Å². The first-order valence-electron chi connectivity index (χ1n) is 9.32. The molecule has 148 valence electrons. The Morgan fingerprint density at radius 2 is 1.96 bits per heavy atom. The van der Waals surface area contributed by atoms with Crippen LogP contribution < -0.4 is 0 Å². The van der Waals surface area contributed by atoms with E-state index in [0.717, 1.165) is 5.56 Å². The van der Waals surface area contributed by atoms with Crippen molar-refractivity contribution in [2.24, 2.45) is 4.99 Å². The van der Waals surface area contributed by atoms with Crippen LogP contribution in [-0.2, 0) is 19.7 Å². The second kappa shape index (κ2) is 7.59. The van der Waals surface area contributed by atoms with Crippen LogP contribution in [-0.4, -0.2) is 33.8 Å².